The molecule has 1 atom stereocenters. The van der Waals surface area contributed by atoms with Crippen molar-refractivity contribution in [1.29, 1.82) is 0 Å². The molecule has 0 aromatic carbocycles. The Morgan fingerprint density at radius 3 is 2.53 bits per heavy atom. The average Bonchev–Trinajstić information content (AvgIpc) is 2.29. The summed E-state index contributed by atoms with van der Waals surface area (Å²) in [6, 6.07) is 0. The summed E-state index contributed by atoms with van der Waals surface area (Å²) in [4.78, 5) is 12.1. The fourth-order valence-corrected chi connectivity index (χ4v) is 1.88. The quantitative estimate of drug-likeness (QED) is 0.585. The Hall–Kier alpha value is 0.961. The first-order chi connectivity index (χ1) is 6.42. The Morgan fingerprint density at radius 2 is 2.07 bits per heavy atom. The van der Waals surface area contributed by atoms with E-state index in [-0.39, 0.29) is 69.8 Å². The van der Waals surface area contributed by atoms with Crippen LogP contribution in [0, 0.1) is 5.92 Å². The maximum atomic E-state index is 12.1. The van der Waals surface area contributed by atoms with Gasteiger partial charge >= 0.3 is 58.4 Å². The monoisotopic (exact) mass is 247 g/mol. The number of nitrogens with zero attached hydrogens (tertiary/aromatic N) is 1. The van der Waals surface area contributed by atoms with Gasteiger partial charge < -0.3 is 17.8 Å². The fourth-order valence-electron chi connectivity index (χ4n) is 1.88. The molecule has 0 radical (unpaired) electrons. The van der Waals surface area contributed by atoms with Crippen molar-refractivity contribution in [1.82, 2.24) is 4.90 Å². The SMILES string of the molecule is CCCC1CC(=O)N(C[B-](F)(F)F)C1.[K+]. The van der Waals surface area contributed by atoms with Gasteiger partial charge in [-0.1, -0.05) is 13.3 Å². The molecule has 82 valence electrons. The number of rotatable bonds is 4. The number of hydrogen-bond acceptors (Lipinski definition) is 1. The van der Waals surface area contributed by atoms with Crippen LogP contribution < -0.4 is 51.4 Å². The Kier molecular flexibility index (Phi) is 7.06. The van der Waals surface area contributed by atoms with Crippen LogP contribution in [0.15, 0.2) is 0 Å². The molecule has 0 saturated carbocycles. The Bertz CT molecular complexity index is 224. The third-order valence-electron chi connectivity index (χ3n) is 2.42. The molecule has 1 aliphatic heterocycles. The van der Waals surface area contributed by atoms with E-state index >= 15 is 0 Å². The van der Waals surface area contributed by atoms with E-state index in [1.807, 2.05) is 6.92 Å². The van der Waals surface area contributed by atoms with Gasteiger partial charge in [-0.15, -0.1) is 0 Å². The van der Waals surface area contributed by atoms with Gasteiger partial charge in [-0.05, 0) is 18.8 Å². The topological polar surface area (TPSA) is 20.3 Å². The predicted octanol–water partition coefficient (Wildman–Crippen LogP) is -0.974. The molecule has 0 spiro atoms. The molecule has 2 nitrogen and oxygen atoms in total. The van der Waals surface area contributed by atoms with E-state index in [1.54, 1.807) is 0 Å². The van der Waals surface area contributed by atoms with E-state index in [0.717, 1.165) is 17.7 Å². The molecule has 15 heavy (non-hydrogen) atoms. The van der Waals surface area contributed by atoms with Crippen LogP contribution in [-0.2, 0) is 4.79 Å². The third kappa shape index (κ3) is 5.72. The molecule has 0 aliphatic carbocycles. The molecule has 1 heterocycles. The summed E-state index contributed by atoms with van der Waals surface area (Å²) in [5, 5.41) is 0. The normalized spacial score (nSPS) is 21.7. The molecule has 1 aliphatic rings. The van der Waals surface area contributed by atoms with E-state index in [4.69, 9.17) is 0 Å². The van der Waals surface area contributed by atoms with Crippen molar-refractivity contribution in [3.63, 3.8) is 0 Å². The van der Waals surface area contributed by atoms with Gasteiger partial charge in [-0.3, -0.25) is 4.79 Å². The van der Waals surface area contributed by atoms with Crippen molar-refractivity contribution in [3.8, 4) is 0 Å². The van der Waals surface area contributed by atoms with Crippen LogP contribution in [0.4, 0.5) is 12.9 Å². The summed E-state index contributed by atoms with van der Waals surface area (Å²) in [5.41, 5.74) is 0. The van der Waals surface area contributed by atoms with Gasteiger partial charge in [0.2, 0.25) is 5.91 Å². The molecule has 0 aromatic heterocycles. The summed E-state index contributed by atoms with van der Waals surface area (Å²) < 4.78 is 36.2. The molecule has 0 bridgehead atoms. The number of hydrogen-bond donors (Lipinski definition) is 0. The Morgan fingerprint density at radius 1 is 1.47 bits per heavy atom. The van der Waals surface area contributed by atoms with Crippen LogP contribution in [0.5, 0.6) is 0 Å². The van der Waals surface area contributed by atoms with Crippen LogP contribution in [0.25, 0.3) is 0 Å². The van der Waals surface area contributed by atoms with Crippen LogP contribution >= 0.6 is 0 Å². The number of amides is 1. The van der Waals surface area contributed by atoms with Crippen LogP contribution in [-0.4, -0.2) is 30.8 Å². The van der Waals surface area contributed by atoms with Crippen molar-refractivity contribution in [2.24, 2.45) is 5.92 Å². The van der Waals surface area contributed by atoms with Gasteiger partial charge in [0.15, 0.2) is 0 Å². The van der Waals surface area contributed by atoms with Gasteiger partial charge in [0.25, 0.3) is 0 Å². The molecular formula is C8H14BF3KNO. The molecule has 1 fully saturated rings. The van der Waals surface area contributed by atoms with E-state index in [0.29, 0.717) is 6.42 Å². The molecule has 1 unspecified atom stereocenters. The van der Waals surface area contributed by atoms with Gasteiger partial charge in [-0.25, -0.2) is 0 Å². The van der Waals surface area contributed by atoms with E-state index in [1.165, 1.54) is 0 Å². The minimum absolute atomic E-state index is 0. The van der Waals surface area contributed by atoms with Crippen molar-refractivity contribution in [2.45, 2.75) is 26.2 Å². The van der Waals surface area contributed by atoms with Crippen molar-refractivity contribution < 1.29 is 69.1 Å². The van der Waals surface area contributed by atoms with E-state index in [2.05, 4.69) is 0 Å². The first-order valence-electron chi connectivity index (χ1n) is 4.91. The second-order valence-corrected chi connectivity index (χ2v) is 3.87. The standard InChI is InChI=1S/C8H14BF3NO.K/c1-2-3-7-4-8(14)13(5-7)6-9(10,11)12;/h7H,2-6H2,1H3;/q-1;+1. The van der Waals surface area contributed by atoms with Crippen LogP contribution in [0.1, 0.15) is 26.2 Å². The van der Waals surface area contributed by atoms with Crippen LogP contribution in [0.2, 0.25) is 0 Å². The number of halogens is 3. The average molecular weight is 247 g/mol. The summed E-state index contributed by atoms with van der Waals surface area (Å²) >= 11 is 0. The smallest absolute Gasteiger partial charge is 0.448 e. The number of likely N-dealkylation sites (tertiary alicyclic amines) is 1. The first kappa shape index (κ1) is 16.0. The van der Waals surface area contributed by atoms with E-state index < -0.39 is 13.4 Å². The third-order valence-corrected chi connectivity index (χ3v) is 2.42. The Balaban J connectivity index is 0.00000196. The predicted molar refractivity (Wildman–Crippen MR) is 48.7 cm³/mol. The largest absolute Gasteiger partial charge is 1.00 e. The molecule has 0 N–H and O–H groups in total. The molecule has 7 heteroatoms. The summed E-state index contributed by atoms with van der Waals surface area (Å²) in [5.74, 6) is -0.215. The molecule has 0 aromatic rings. The van der Waals surface area contributed by atoms with Crippen molar-refractivity contribution in [3.05, 3.63) is 0 Å². The van der Waals surface area contributed by atoms with Crippen molar-refractivity contribution in [2.75, 3.05) is 13.0 Å². The summed E-state index contributed by atoms with van der Waals surface area (Å²) in [6.07, 6.45) is 1.02. The maximum Gasteiger partial charge on any atom is 1.00 e. The van der Waals surface area contributed by atoms with E-state index in [9.17, 15) is 17.7 Å². The molecule has 1 rings (SSSR count). The van der Waals surface area contributed by atoms with Crippen LogP contribution in [0.3, 0.4) is 0 Å². The Labute approximate surface area is 130 Å². The summed E-state index contributed by atoms with van der Waals surface area (Å²) in [6.45, 7) is -2.61. The molecular weight excluding hydrogens is 233 g/mol. The second kappa shape index (κ2) is 6.64. The zero-order valence-corrected chi connectivity index (χ0v) is 12.3. The number of carbonyl (C=O) groups excluding carboxylic acids is 1. The number of carbonyl (C=O) groups is 1. The fraction of sp³-hybridized carbons (Fsp3) is 0.875. The molecule has 1 amide bonds. The van der Waals surface area contributed by atoms with Gasteiger partial charge in [0.1, 0.15) is 0 Å². The van der Waals surface area contributed by atoms with Gasteiger partial charge in [0.05, 0.1) is 0 Å². The zero-order valence-electron chi connectivity index (χ0n) is 9.18. The zero-order chi connectivity index (χ0) is 10.8. The first-order valence-corrected chi connectivity index (χ1v) is 4.91. The molecule has 1 saturated heterocycles. The van der Waals surface area contributed by atoms with Gasteiger partial charge in [-0.2, -0.15) is 0 Å². The minimum Gasteiger partial charge on any atom is -0.448 e. The minimum atomic E-state index is -4.87. The maximum absolute atomic E-state index is 12.1. The second-order valence-electron chi connectivity index (χ2n) is 3.87. The summed E-state index contributed by atoms with van der Waals surface area (Å²) in [7, 11) is 0. The van der Waals surface area contributed by atoms with Crippen molar-refractivity contribution >= 4 is 12.9 Å². The van der Waals surface area contributed by atoms with Gasteiger partial charge in [0, 0.05) is 13.0 Å².